The molecule has 0 radical (unpaired) electrons. The number of aldehydes is 1. The number of nitrogens with zero attached hydrogens (tertiary/aromatic N) is 2. The average Bonchev–Trinajstić information content (AvgIpc) is 2.94. The highest BCUT2D eigenvalue weighted by atomic mass is 35.5. The molecule has 1 saturated carbocycles. The van der Waals surface area contributed by atoms with Gasteiger partial charge in [0.25, 0.3) is 0 Å². The number of aromatic nitrogens is 1. The minimum Gasteiger partial charge on any atom is -0.345 e. The van der Waals surface area contributed by atoms with E-state index in [0.29, 0.717) is 16.1 Å². The van der Waals surface area contributed by atoms with Crippen molar-refractivity contribution < 1.29 is 4.79 Å². The molecule has 0 N–H and O–H groups in total. The predicted octanol–water partition coefficient (Wildman–Crippen LogP) is 3.38. The maximum Gasteiger partial charge on any atom is 0.187 e. The molecule has 0 aromatic carbocycles. The lowest BCUT2D eigenvalue weighted by Crippen LogP contribution is -2.42. The first-order valence-corrected chi connectivity index (χ1v) is 7.37. The summed E-state index contributed by atoms with van der Waals surface area (Å²) in [4.78, 5) is 18.1. The first-order chi connectivity index (χ1) is 8.29. The van der Waals surface area contributed by atoms with E-state index in [9.17, 15) is 4.79 Å². The van der Waals surface area contributed by atoms with E-state index in [1.165, 1.54) is 43.4 Å². The van der Waals surface area contributed by atoms with E-state index in [1.807, 2.05) is 0 Å². The Morgan fingerprint density at radius 1 is 1.35 bits per heavy atom. The van der Waals surface area contributed by atoms with Crippen molar-refractivity contribution in [3.05, 3.63) is 10.0 Å². The zero-order chi connectivity index (χ0) is 11.8. The zero-order valence-electron chi connectivity index (χ0n) is 9.56. The maximum atomic E-state index is 10.8. The summed E-state index contributed by atoms with van der Waals surface area (Å²) in [6.07, 6.45) is 7.32. The number of fused-ring (bicyclic) bond motifs is 1. The quantitative estimate of drug-likeness (QED) is 0.773. The first-order valence-electron chi connectivity index (χ1n) is 6.17. The summed E-state index contributed by atoms with van der Waals surface area (Å²) in [5, 5.41) is 1.30. The Labute approximate surface area is 110 Å². The molecule has 1 aliphatic carbocycles. The standard InChI is InChI=1S/C12H15ClN2OS/c13-11-10(7-16)17-12(14-11)15-6-2-4-8-3-1-5-9(8)15/h7-9H,1-6H2. The molecule has 3 rings (SSSR count). The highest BCUT2D eigenvalue weighted by Crippen LogP contribution is 2.41. The van der Waals surface area contributed by atoms with E-state index in [1.54, 1.807) is 0 Å². The molecule has 1 aliphatic heterocycles. The van der Waals surface area contributed by atoms with Gasteiger partial charge in [-0.1, -0.05) is 29.4 Å². The van der Waals surface area contributed by atoms with E-state index in [0.717, 1.165) is 23.9 Å². The third-order valence-corrected chi connectivity index (χ3v) is 5.36. The monoisotopic (exact) mass is 270 g/mol. The maximum absolute atomic E-state index is 10.8. The van der Waals surface area contributed by atoms with Crippen LogP contribution in [0.1, 0.15) is 41.8 Å². The van der Waals surface area contributed by atoms with Crippen LogP contribution in [0, 0.1) is 5.92 Å². The first kappa shape index (κ1) is 11.5. The molecular weight excluding hydrogens is 256 g/mol. The number of carbonyl (C=O) groups is 1. The van der Waals surface area contributed by atoms with Gasteiger partial charge in [0.15, 0.2) is 16.6 Å². The van der Waals surface area contributed by atoms with Crippen LogP contribution in [0.2, 0.25) is 5.15 Å². The summed E-state index contributed by atoms with van der Waals surface area (Å²) in [6.45, 7) is 1.06. The third-order valence-electron chi connectivity index (χ3n) is 3.94. The summed E-state index contributed by atoms with van der Waals surface area (Å²) in [7, 11) is 0. The number of hydrogen-bond acceptors (Lipinski definition) is 4. The molecule has 2 atom stereocenters. The minimum atomic E-state index is 0.361. The number of halogens is 1. The lowest BCUT2D eigenvalue weighted by Gasteiger charge is -2.37. The SMILES string of the molecule is O=Cc1sc(N2CCCC3CCCC32)nc1Cl. The molecule has 0 bridgehead atoms. The zero-order valence-corrected chi connectivity index (χ0v) is 11.1. The molecule has 2 fully saturated rings. The molecule has 17 heavy (non-hydrogen) atoms. The van der Waals surface area contributed by atoms with Crippen molar-refractivity contribution in [2.75, 3.05) is 11.4 Å². The van der Waals surface area contributed by atoms with Crippen LogP contribution in [0.5, 0.6) is 0 Å². The molecule has 1 aromatic heterocycles. The number of rotatable bonds is 2. The van der Waals surface area contributed by atoms with Crippen LogP contribution >= 0.6 is 22.9 Å². The van der Waals surface area contributed by atoms with Crippen LogP contribution in [-0.4, -0.2) is 23.9 Å². The Morgan fingerprint density at radius 3 is 2.94 bits per heavy atom. The summed E-state index contributed by atoms with van der Waals surface area (Å²) >= 11 is 7.38. The fourth-order valence-corrected chi connectivity index (χ4v) is 4.34. The second-order valence-corrected chi connectivity index (χ2v) is 6.23. The normalized spacial score (nSPS) is 28.2. The number of thiazole rings is 1. The van der Waals surface area contributed by atoms with Crippen molar-refractivity contribution in [1.82, 2.24) is 4.98 Å². The Morgan fingerprint density at radius 2 is 2.18 bits per heavy atom. The molecule has 2 heterocycles. The molecule has 5 heteroatoms. The second-order valence-electron chi connectivity index (χ2n) is 4.86. The molecule has 2 aliphatic rings. The fraction of sp³-hybridized carbons (Fsp3) is 0.667. The summed E-state index contributed by atoms with van der Waals surface area (Å²) in [5.74, 6) is 0.825. The number of anilines is 1. The molecule has 1 aromatic rings. The van der Waals surface area contributed by atoms with Crippen LogP contribution < -0.4 is 4.90 Å². The van der Waals surface area contributed by atoms with Gasteiger partial charge in [0.1, 0.15) is 4.88 Å². The highest BCUT2D eigenvalue weighted by molar-refractivity contribution is 7.17. The van der Waals surface area contributed by atoms with Crippen molar-refractivity contribution in [2.24, 2.45) is 5.92 Å². The molecule has 0 spiro atoms. The lowest BCUT2D eigenvalue weighted by atomic mass is 9.92. The van der Waals surface area contributed by atoms with Gasteiger partial charge in [0.05, 0.1) is 0 Å². The van der Waals surface area contributed by atoms with E-state index in [4.69, 9.17) is 11.6 Å². The van der Waals surface area contributed by atoms with Crippen LogP contribution in [-0.2, 0) is 0 Å². The van der Waals surface area contributed by atoms with Gasteiger partial charge >= 0.3 is 0 Å². The number of piperidine rings is 1. The van der Waals surface area contributed by atoms with Crippen LogP contribution in [0.15, 0.2) is 0 Å². The smallest absolute Gasteiger partial charge is 0.187 e. The van der Waals surface area contributed by atoms with Crippen LogP contribution in [0.4, 0.5) is 5.13 Å². The lowest BCUT2D eigenvalue weighted by molar-refractivity contribution is 0.112. The number of carbonyl (C=O) groups excluding carboxylic acids is 1. The molecule has 2 unspecified atom stereocenters. The van der Waals surface area contributed by atoms with Crippen molar-refractivity contribution in [3.63, 3.8) is 0 Å². The summed E-state index contributed by atoms with van der Waals surface area (Å²) in [6, 6.07) is 0.630. The van der Waals surface area contributed by atoms with Gasteiger partial charge < -0.3 is 4.90 Å². The van der Waals surface area contributed by atoms with Crippen molar-refractivity contribution in [3.8, 4) is 0 Å². The van der Waals surface area contributed by atoms with Gasteiger partial charge in [0, 0.05) is 12.6 Å². The summed E-state index contributed by atoms with van der Waals surface area (Å²) < 4.78 is 0. The van der Waals surface area contributed by atoms with Crippen LogP contribution in [0.25, 0.3) is 0 Å². The topological polar surface area (TPSA) is 33.2 Å². The van der Waals surface area contributed by atoms with Crippen molar-refractivity contribution in [1.29, 1.82) is 0 Å². The molecule has 92 valence electrons. The molecule has 3 nitrogen and oxygen atoms in total. The van der Waals surface area contributed by atoms with Gasteiger partial charge in [-0.15, -0.1) is 0 Å². The van der Waals surface area contributed by atoms with Gasteiger partial charge in [0.2, 0.25) is 0 Å². The molecular formula is C12H15ClN2OS. The summed E-state index contributed by atoms with van der Waals surface area (Å²) in [5.41, 5.74) is 0. The van der Waals surface area contributed by atoms with E-state index in [-0.39, 0.29) is 0 Å². The Bertz CT molecular complexity index is 434. The Hall–Kier alpha value is -0.610. The van der Waals surface area contributed by atoms with Gasteiger partial charge in [-0.2, -0.15) is 0 Å². The van der Waals surface area contributed by atoms with Crippen molar-refractivity contribution >= 4 is 34.4 Å². The Kier molecular flexibility index (Phi) is 3.09. The fourth-order valence-electron chi connectivity index (χ4n) is 3.19. The van der Waals surface area contributed by atoms with Crippen molar-refractivity contribution in [2.45, 2.75) is 38.1 Å². The minimum absolute atomic E-state index is 0.361. The third kappa shape index (κ3) is 1.97. The predicted molar refractivity (Wildman–Crippen MR) is 70.2 cm³/mol. The van der Waals surface area contributed by atoms with E-state index in [2.05, 4.69) is 9.88 Å². The van der Waals surface area contributed by atoms with Crippen LogP contribution in [0.3, 0.4) is 0 Å². The molecule has 0 amide bonds. The highest BCUT2D eigenvalue weighted by Gasteiger charge is 2.36. The number of hydrogen-bond donors (Lipinski definition) is 0. The largest absolute Gasteiger partial charge is 0.345 e. The van der Waals surface area contributed by atoms with Gasteiger partial charge in [-0.25, -0.2) is 4.98 Å². The van der Waals surface area contributed by atoms with Gasteiger partial charge in [-0.05, 0) is 31.6 Å². The average molecular weight is 271 g/mol. The Balaban J connectivity index is 1.88. The van der Waals surface area contributed by atoms with Gasteiger partial charge in [-0.3, -0.25) is 4.79 Å². The second kappa shape index (κ2) is 4.58. The van der Waals surface area contributed by atoms with E-state index >= 15 is 0 Å². The van der Waals surface area contributed by atoms with E-state index < -0.39 is 0 Å². The molecule has 1 saturated heterocycles.